The minimum Gasteiger partial charge on any atom is -0.386 e. The van der Waals surface area contributed by atoms with Gasteiger partial charge >= 0.3 is 0 Å². The van der Waals surface area contributed by atoms with Crippen molar-refractivity contribution >= 4 is 15.9 Å². The molecule has 1 fully saturated rings. The van der Waals surface area contributed by atoms with Crippen LogP contribution in [0, 0.1) is 25.2 Å². The first kappa shape index (κ1) is 14.0. The number of amidine groups is 1. The highest BCUT2D eigenvalue weighted by Gasteiger charge is 2.37. The van der Waals surface area contributed by atoms with Crippen molar-refractivity contribution in [2.45, 2.75) is 37.6 Å². The fourth-order valence-corrected chi connectivity index (χ4v) is 3.93. The highest BCUT2D eigenvalue weighted by molar-refractivity contribution is 7.89. The van der Waals surface area contributed by atoms with E-state index in [1.165, 1.54) is 4.68 Å². The standard InChI is InChI=1S/C11H19N5O2S/c1-6-10(7(2)16(3)14-6)19(17,18)15-9(11(12)13)8-4-5-8/h8-9,15H,4-5H2,1-3H3,(H3,12,13). The summed E-state index contributed by atoms with van der Waals surface area (Å²) in [5.74, 6) is 0.00910. The molecule has 1 atom stereocenters. The monoisotopic (exact) mass is 285 g/mol. The molecule has 1 heterocycles. The smallest absolute Gasteiger partial charge is 0.244 e. The van der Waals surface area contributed by atoms with Crippen LogP contribution in [-0.2, 0) is 17.1 Å². The summed E-state index contributed by atoms with van der Waals surface area (Å²) in [6, 6.07) is -0.607. The highest BCUT2D eigenvalue weighted by atomic mass is 32.2. The summed E-state index contributed by atoms with van der Waals surface area (Å²) in [6.07, 6.45) is 1.80. The van der Waals surface area contributed by atoms with Gasteiger partial charge in [-0.15, -0.1) is 0 Å². The first-order valence-corrected chi connectivity index (χ1v) is 7.59. The van der Waals surface area contributed by atoms with Gasteiger partial charge in [-0.1, -0.05) is 0 Å². The summed E-state index contributed by atoms with van der Waals surface area (Å²) in [7, 11) is -2.01. The van der Waals surface area contributed by atoms with Crippen molar-refractivity contribution < 1.29 is 8.42 Å². The molecule has 8 heteroatoms. The van der Waals surface area contributed by atoms with Crippen LogP contribution in [0.3, 0.4) is 0 Å². The Morgan fingerprint density at radius 1 is 1.53 bits per heavy atom. The molecule has 1 unspecified atom stereocenters. The second kappa shape index (κ2) is 4.61. The molecule has 0 radical (unpaired) electrons. The van der Waals surface area contributed by atoms with Gasteiger partial charge < -0.3 is 5.73 Å². The summed E-state index contributed by atoms with van der Waals surface area (Å²) < 4.78 is 28.9. The van der Waals surface area contributed by atoms with Crippen molar-refractivity contribution in [1.82, 2.24) is 14.5 Å². The number of nitrogens with two attached hydrogens (primary N) is 1. The lowest BCUT2D eigenvalue weighted by Crippen LogP contribution is -2.45. The molecule has 0 bridgehead atoms. The Balaban J connectivity index is 2.34. The Bertz CT molecular complexity index is 615. The normalized spacial score (nSPS) is 17.4. The Hall–Kier alpha value is -1.41. The fourth-order valence-electron chi connectivity index (χ4n) is 2.21. The van der Waals surface area contributed by atoms with Crippen molar-refractivity contribution in [3.63, 3.8) is 0 Å². The molecule has 2 rings (SSSR count). The van der Waals surface area contributed by atoms with Gasteiger partial charge in [0, 0.05) is 7.05 Å². The molecule has 1 aromatic rings. The third kappa shape index (κ3) is 2.64. The maximum atomic E-state index is 12.4. The van der Waals surface area contributed by atoms with Crippen molar-refractivity contribution in [2.24, 2.45) is 18.7 Å². The molecular formula is C11H19N5O2S. The van der Waals surface area contributed by atoms with Gasteiger partial charge in [-0.25, -0.2) is 13.1 Å². The quantitative estimate of drug-likeness (QED) is 0.523. The minimum atomic E-state index is -3.70. The second-order valence-electron chi connectivity index (χ2n) is 5.02. The minimum absolute atomic E-state index is 0.134. The predicted octanol–water partition coefficient (Wildman–Crippen LogP) is 0.0298. The van der Waals surface area contributed by atoms with E-state index in [9.17, 15) is 8.42 Å². The summed E-state index contributed by atoms with van der Waals surface area (Å²) in [4.78, 5) is 0.182. The lowest BCUT2D eigenvalue weighted by molar-refractivity contribution is 0.561. The molecule has 1 saturated carbocycles. The van der Waals surface area contributed by atoms with Crippen LogP contribution >= 0.6 is 0 Å². The maximum absolute atomic E-state index is 12.4. The van der Waals surface area contributed by atoms with E-state index in [1.54, 1.807) is 20.9 Å². The lowest BCUT2D eigenvalue weighted by Gasteiger charge is -2.16. The highest BCUT2D eigenvalue weighted by Crippen LogP contribution is 2.33. The van der Waals surface area contributed by atoms with Gasteiger partial charge in [0.05, 0.1) is 17.4 Å². The molecule has 1 aromatic heterocycles. The molecule has 0 aliphatic heterocycles. The van der Waals surface area contributed by atoms with Gasteiger partial charge in [0.2, 0.25) is 10.0 Å². The largest absolute Gasteiger partial charge is 0.386 e. The molecule has 106 valence electrons. The van der Waals surface area contributed by atoms with Gasteiger partial charge in [-0.2, -0.15) is 5.10 Å². The van der Waals surface area contributed by atoms with Crippen LogP contribution in [0.2, 0.25) is 0 Å². The van der Waals surface area contributed by atoms with Crippen LogP contribution in [0.1, 0.15) is 24.2 Å². The van der Waals surface area contributed by atoms with E-state index in [2.05, 4.69) is 9.82 Å². The summed E-state index contributed by atoms with van der Waals surface area (Å²) >= 11 is 0. The number of hydrogen-bond donors (Lipinski definition) is 3. The van der Waals surface area contributed by atoms with Gasteiger partial charge in [0.25, 0.3) is 0 Å². The van der Waals surface area contributed by atoms with Crippen LogP contribution in [0.15, 0.2) is 4.90 Å². The Kier molecular flexibility index (Phi) is 3.40. The van der Waals surface area contributed by atoms with E-state index < -0.39 is 16.1 Å². The van der Waals surface area contributed by atoms with Crippen LogP contribution < -0.4 is 10.5 Å². The molecular weight excluding hydrogens is 266 g/mol. The fraction of sp³-hybridized carbons (Fsp3) is 0.636. The molecule has 7 nitrogen and oxygen atoms in total. The third-order valence-electron chi connectivity index (χ3n) is 3.42. The molecule has 0 amide bonds. The zero-order valence-corrected chi connectivity index (χ0v) is 12.1. The summed E-state index contributed by atoms with van der Waals surface area (Å²) in [6.45, 7) is 3.36. The van der Waals surface area contributed by atoms with E-state index in [1.807, 2.05) is 0 Å². The van der Waals surface area contributed by atoms with Crippen LogP contribution in [0.4, 0.5) is 0 Å². The van der Waals surface area contributed by atoms with Crippen molar-refractivity contribution in [1.29, 1.82) is 5.41 Å². The van der Waals surface area contributed by atoms with Crippen LogP contribution in [0.5, 0.6) is 0 Å². The van der Waals surface area contributed by atoms with E-state index in [4.69, 9.17) is 11.1 Å². The molecule has 0 saturated heterocycles. The van der Waals surface area contributed by atoms with Crippen molar-refractivity contribution in [3.05, 3.63) is 11.4 Å². The Labute approximate surface area is 112 Å². The van der Waals surface area contributed by atoms with E-state index in [0.29, 0.717) is 11.4 Å². The predicted molar refractivity (Wildman–Crippen MR) is 71.4 cm³/mol. The number of aryl methyl sites for hydroxylation is 2. The average Bonchev–Trinajstić information content (AvgIpc) is 3.04. The second-order valence-corrected chi connectivity index (χ2v) is 6.67. The number of nitrogens with one attached hydrogen (secondary N) is 2. The van der Waals surface area contributed by atoms with Crippen LogP contribution in [0.25, 0.3) is 0 Å². The van der Waals surface area contributed by atoms with Crippen LogP contribution in [-0.4, -0.2) is 30.1 Å². The first-order valence-electron chi connectivity index (χ1n) is 6.10. The molecule has 19 heavy (non-hydrogen) atoms. The van der Waals surface area contributed by atoms with E-state index >= 15 is 0 Å². The number of aromatic nitrogens is 2. The molecule has 0 aromatic carbocycles. The Morgan fingerprint density at radius 3 is 2.47 bits per heavy atom. The summed E-state index contributed by atoms with van der Waals surface area (Å²) in [5, 5.41) is 11.6. The maximum Gasteiger partial charge on any atom is 0.244 e. The zero-order valence-electron chi connectivity index (χ0n) is 11.3. The molecule has 0 spiro atoms. The number of hydrogen-bond acceptors (Lipinski definition) is 4. The van der Waals surface area contributed by atoms with Gasteiger partial charge in [0.1, 0.15) is 10.7 Å². The average molecular weight is 285 g/mol. The molecule has 1 aliphatic rings. The Morgan fingerprint density at radius 2 is 2.11 bits per heavy atom. The third-order valence-corrected chi connectivity index (χ3v) is 5.11. The summed E-state index contributed by atoms with van der Waals surface area (Å²) in [5.41, 5.74) is 6.50. The topological polar surface area (TPSA) is 114 Å². The van der Waals surface area contributed by atoms with Gasteiger partial charge in [0.15, 0.2) is 0 Å². The number of nitrogens with zero attached hydrogens (tertiary/aromatic N) is 2. The van der Waals surface area contributed by atoms with Gasteiger partial charge in [-0.3, -0.25) is 10.1 Å². The zero-order chi connectivity index (χ0) is 14.4. The number of rotatable bonds is 5. The van der Waals surface area contributed by atoms with E-state index in [0.717, 1.165) is 12.8 Å². The van der Waals surface area contributed by atoms with E-state index in [-0.39, 0.29) is 16.6 Å². The first-order chi connectivity index (χ1) is 8.74. The molecule has 1 aliphatic carbocycles. The SMILES string of the molecule is Cc1nn(C)c(C)c1S(=O)(=O)NC(C(=N)N)C1CC1. The van der Waals surface area contributed by atoms with Gasteiger partial charge in [-0.05, 0) is 32.6 Å². The lowest BCUT2D eigenvalue weighted by atomic mass is 10.2. The van der Waals surface area contributed by atoms with Crippen molar-refractivity contribution in [3.8, 4) is 0 Å². The van der Waals surface area contributed by atoms with Crippen molar-refractivity contribution in [2.75, 3.05) is 0 Å². The molecule has 4 N–H and O–H groups in total. The number of sulfonamides is 1.